The molecule has 0 radical (unpaired) electrons. The monoisotopic (exact) mass is 408 g/mol. The summed E-state index contributed by atoms with van der Waals surface area (Å²) in [5.74, 6) is -0.0789. The lowest BCUT2D eigenvalue weighted by Gasteiger charge is -2.33. The molecule has 1 aromatic carbocycles. The Kier molecular flexibility index (Phi) is 5.58. The molecule has 1 aliphatic heterocycles. The van der Waals surface area contributed by atoms with E-state index in [1.165, 1.54) is 16.2 Å². The van der Waals surface area contributed by atoms with Gasteiger partial charge in [0.25, 0.3) is 0 Å². The van der Waals surface area contributed by atoms with Crippen molar-refractivity contribution in [2.45, 2.75) is 38.0 Å². The van der Waals surface area contributed by atoms with Gasteiger partial charge >= 0.3 is 6.09 Å². The van der Waals surface area contributed by atoms with Gasteiger partial charge in [0, 0.05) is 30.6 Å². The summed E-state index contributed by atoms with van der Waals surface area (Å²) in [5, 5.41) is -0.262. The number of nitrogens with zero attached hydrogens (tertiary/aromatic N) is 2. The van der Waals surface area contributed by atoms with Gasteiger partial charge in [0.05, 0.1) is 5.75 Å². The van der Waals surface area contributed by atoms with Crippen molar-refractivity contribution >= 4 is 27.3 Å². The maximum atomic E-state index is 12.6. The van der Waals surface area contributed by atoms with Crippen LogP contribution >= 0.6 is 11.3 Å². The Morgan fingerprint density at radius 3 is 2.67 bits per heavy atom. The molecule has 1 aliphatic rings. The average Bonchev–Trinajstić information content (AvgIpc) is 3.02. The number of hydrogen-bond donors (Lipinski definition) is 0. The topological polar surface area (TPSA) is 76.6 Å². The Balaban J connectivity index is 1.76. The summed E-state index contributed by atoms with van der Waals surface area (Å²) >= 11 is 1.39. The molecule has 1 unspecified atom stereocenters. The molecule has 0 spiro atoms. The summed E-state index contributed by atoms with van der Waals surface area (Å²) in [6.07, 6.45) is 1.96. The van der Waals surface area contributed by atoms with Crippen molar-refractivity contribution in [3.05, 3.63) is 52.0 Å². The fourth-order valence-corrected chi connectivity index (χ4v) is 5.90. The summed E-state index contributed by atoms with van der Waals surface area (Å²) < 4.78 is 30.6. The maximum absolute atomic E-state index is 12.6. The molecule has 27 heavy (non-hydrogen) atoms. The minimum absolute atomic E-state index is 0.0789. The van der Waals surface area contributed by atoms with Crippen LogP contribution in [0.25, 0.3) is 0 Å². The van der Waals surface area contributed by atoms with E-state index in [2.05, 4.69) is 4.98 Å². The molecule has 1 fully saturated rings. The number of rotatable bonds is 3. The molecule has 8 heteroatoms. The van der Waals surface area contributed by atoms with E-state index in [0.29, 0.717) is 11.4 Å². The van der Waals surface area contributed by atoms with Crippen LogP contribution in [0.15, 0.2) is 36.5 Å². The number of ether oxygens (including phenoxy) is 1. The van der Waals surface area contributed by atoms with Crippen molar-refractivity contribution in [2.75, 3.05) is 18.8 Å². The van der Waals surface area contributed by atoms with Crippen LogP contribution in [0.1, 0.15) is 41.5 Å². The van der Waals surface area contributed by atoms with Gasteiger partial charge in [0.1, 0.15) is 15.9 Å². The van der Waals surface area contributed by atoms with Crippen molar-refractivity contribution in [1.82, 2.24) is 9.88 Å². The standard InChI is InChI=1S/C19H24N2O4S2/c1-19(2,3)25-18(22)21-9-10-27(23,24)16(13-21)17-20-12-15(26-17)11-14-7-5-4-6-8-14/h4-8,12,16H,9-11,13H2,1-3H3. The lowest BCUT2D eigenvalue weighted by atomic mass is 10.1. The number of hydrogen-bond acceptors (Lipinski definition) is 6. The van der Waals surface area contributed by atoms with Crippen LogP contribution in [0.3, 0.4) is 0 Å². The normalized spacial score (nSPS) is 19.7. The van der Waals surface area contributed by atoms with Crippen LogP contribution in [0.5, 0.6) is 0 Å². The van der Waals surface area contributed by atoms with Crippen molar-refractivity contribution < 1.29 is 17.9 Å². The Labute approximate surface area is 164 Å². The zero-order valence-electron chi connectivity index (χ0n) is 15.7. The number of carbonyl (C=O) groups is 1. The molecule has 3 rings (SSSR count). The predicted molar refractivity (Wildman–Crippen MR) is 106 cm³/mol. The molecule has 146 valence electrons. The van der Waals surface area contributed by atoms with Crippen molar-refractivity contribution in [2.24, 2.45) is 0 Å². The van der Waals surface area contributed by atoms with Crippen LogP contribution in [-0.4, -0.2) is 48.8 Å². The van der Waals surface area contributed by atoms with Gasteiger partial charge in [-0.3, -0.25) is 0 Å². The molecule has 0 bridgehead atoms. The Morgan fingerprint density at radius 1 is 1.30 bits per heavy atom. The Morgan fingerprint density at radius 2 is 2.00 bits per heavy atom. The second-order valence-corrected chi connectivity index (χ2v) is 11.1. The maximum Gasteiger partial charge on any atom is 0.410 e. The van der Waals surface area contributed by atoms with Gasteiger partial charge in [0.2, 0.25) is 0 Å². The van der Waals surface area contributed by atoms with E-state index in [9.17, 15) is 13.2 Å². The molecule has 1 amide bonds. The molecule has 1 saturated heterocycles. The van der Waals surface area contributed by atoms with Gasteiger partial charge in [-0.15, -0.1) is 11.3 Å². The van der Waals surface area contributed by atoms with E-state index in [-0.39, 0.29) is 18.8 Å². The molecule has 0 aliphatic carbocycles. The minimum Gasteiger partial charge on any atom is -0.444 e. The van der Waals surface area contributed by atoms with Crippen molar-refractivity contribution in [3.8, 4) is 0 Å². The predicted octanol–water partition coefficient (Wildman–Crippen LogP) is 3.44. The van der Waals surface area contributed by atoms with Crippen molar-refractivity contribution in [1.29, 1.82) is 0 Å². The molecular formula is C19H24N2O4S2. The molecule has 1 atom stereocenters. The Hall–Kier alpha value is -1.93. The van der Waals surface area contributed by atoms with Gasteiger partial charge in [-0.1, -0.05) is 30.3 Å². The molecule has 6 nitrogen and oxygen atoms in total. The largest absolute Gasteiger partial charge is 0.444 e. The second-order valence-electron chi connectivity index (χ2n) is 7.61. The zero-order chi connectivity index (χ0) is 19.7. The summed E-state index contributed by atoms with van der Waals surface area (Å²) in [4.78, 5) is 19.2. The summed E-state index contributed by atoms with van der Waals surface area (Å²) in [7, 11) is -3.35. The highest BCUT2D eigenvalue weighted by atomic mass is 32.2. The summed E-state index contributed by atoms with van der Waals surface area (Å²) in [5.41, 5.74) is 0.530. The third-order valence-electron chi connectivity index (χ3n) is 4.19. The number of benzene rings is 1. The first-order valence-electron chi connectivity index (χ1n) is 8.82. The quantitative estimate of drug-likeness (QED) is 0.778. The van der Waals surface area contributed by atoms with Crippen LogP contribution in [-0.2, 0) is 21.0 Å². The van der Waals surface area contributed by atoms with Gasteiger partial charge in [-0.05, 0) is 26.3 Å². The molecular weight excluding hydrogens is 384 g/mol. The average molecular weight is 409 g/mol. The zero-order valence-corrected chi connectivity index (χ0v) is 17.3. The van der Waals surface area contributed by atoms with E-state index in [1.54, 1.807) is 27.0 Å². The van der Waals surface area contributed by atoms with Crippen LogP contribution in [0.2, 0.25) is 0 Å². The first-order valence-corrected chi connectivity index (χ1v) is 11.4. The Bertz CT molecular complexity index is 901. The van der Waals surface area contributed by atoms with E-state index in [1.807, 2.05) is 30.3 Å². The molecule has 0 N–H and O–H groups in total. The van der Waals surface area contributed by atoms with Crippen molar-refractivity contribution in [3.63, 3.8) is 0 Å². The fraction of sp³-hybridized carbons (Fsp3) is 0.474. The number of aromatic nitrogens is 1. The molecule has 2 aromatic rings. The van der Waals surface area contributed by atoms with Crippen LogP contribution in [0, 0.1) is 0 Å². The van der Waals surface area contributed by atoms with Crippen LogP contribution in [0.4, 0.5) is 4.79 Å². The number of sulfone groups is 1. The van der Waals surface area contributed by atoms with Gasteiger partial charge in [0.15, 0.2) is 9.84 Å². The second kappa shape index (κ2) is 7.59. The summed E-state index contributed by atoms with van der Waals surface area (Å²) in [6, 6.07) is 9.96. The van der Waals surface area contributed by atoms with E-state index in [0.717, 1.165) is 10.4 Å². The lowest BCUT2D eigenvalue weighted by molar-refractivity contribution is 0.0253. The first kappa shape index (κ1) is 19.8. The number of thiazole rings is 1. The van der Waals surface area contributed by atoms with Crippen LogP contribution < -0.4 is 0 Å². The van der Waals surface area contributed by atoms with Gasteiger partial charge in [-0.25, -0.2) is 18.2 Å². The third-order valence-corrected chi connectivity index (χ3v) is 7.44. The number of amides is 1. The minimum atomic E-state index is -3.35. The molecule has 0 saturated carbocycles. The lowest BCUT2D eigenvalue weighted by Crippen LogP contribution is -2.47. The van der Waals surface area contributed by atoms with Gasteiger partial charge in [-0.2, -0.15) is 0 Å². The van der Waals surface area contributed by atoms with E-state index < -0.39 is 26.8 Å². The molecule has 2 heterocycles. The first-order chi connectivity index (χ1) is 12.6. The van der Waals surface area contributed by atoms with E-state index >= 15 is 0 Å². The highest BCUT2D eigenvalue weighted by Gasteiger charge is 2.39. The third kappa shape index (κ3) is 5.07. The SMILES string of the molecule is CC(C)(C)OC(=O)N1CCS(=O)(=O)C(c2ncc(Cc3ccccc3)s2)C1. The fourth-order valence-electron chi connectivity index (χ4n) is 2.86. The summed E-state index contributed by atoms with van der Waals surface area (Å²) in [6.45, 7) is 5.60. The highest BCUT2D eigenvalue weighted by Crippen LogP contribution is 2.32. The molecule has 1 aromatic heterocycles. The van der Waals surface area contributed by atoms with Gasteiger partial charge < -0.3 is 9.64 Å². The van der Waals surface area contributed by atoms with E-state index in [4.69, 9.17) is 4.74 Å². The number of carbonyl (C=O) groups excluding carboxylic acids is 1. The highest BCUT2D eigenvalue weighted by molar-refractivity contribution is 7.91. The smallest absolute Gasteiger partial charge is 0.410 e.